The Kier molecular flexibility index (Phi) is 3.71. The molecule has 0 fully saturated rings. The highest BCUT2D eigenvalue weighted by molar-refractivity contribution is 5.93. The van der Waals surface area contributed by atoms with Gasteiger partial charge in [-0.2, -0.15) is 5.26 Å². The van der Waals surface area contributed by atoms with Gasteiger partial charge in [0, 0.05) is 16.5 Å². The number of benzene rings is 3. The van der Waals surface area contributed by atoms with Gasteiger partial charge in [-0.25, -0.2) is 9.97 Å². The largest absolute Gasteiger partial charge is 0.507 e. The summed E-state index contributed by atoms with van der Waals surface area (Å²) in [6.45, 7) is 0. The van der Waals surface area contributed by atoms with Gasteiger partial charge in [0.2, 0.25) is 0 Å². The van der Waals surface area contributed by atoms with E-state index in [1.165, 1.54) is 0 Å². The van der Waals surface area contributed by atoms with Crippen LogP contribution in [0.3, 0.4) is 0 Å². The van der Waals surface area contributed by atoms with Crippen molar-refractivity contribution in [3.8, 4) is 34.3 Å². The van der Waals surface area contributed by atoms with Crippen molar-refractivity contribution in [1.29, 1.82) is 5.26 Å². The summed E-state index contributed by atoms with van der Waals surface area (Å²) in [5.41, 5.74) is 8.84. The molecule has 0 aliphatic rings. The zero-order chi connectivity index (χ0) is 18.1. The molecule has 5 heteroatoms. The molecule has 0 saturated carbocycles. The second-order valence-electron chi connectivity index (χ2n) is 5.85. The first kappa shape index (κ1) is 15.6. The van der Waals surface area contributed by atoms with Crippen LogP contribution in [0.25, 0.3) is 33.3 Å². The number of nitriles is 1. The van der Waals surface area contributed by atoms with Crippen molar-refractivity contribution in [2.75, 3.05) is 5.73 Å². The molecule has 0 radical (unpaired) electrons. The van der Waals surface area contributed by atoms with Crippen LogP contribution < -0.4 is 5.73 Å². The van der Waals surface area contributed by atoms with Gasteiger partial charge in [-0.05, 0) is 23.6 Å². The van der Waals surface area contributed by atoms with Gasteiger partial charge >= 0.3 is 0 Å². The summed E-state index contributed by atoms with van der Waals surface area (Å²) in [4.78, 5) is 8.89. The third kappa shape index (κ3) is 2.60. The van der Waals surface area contributed by atoms with E-state index in [1.807, 2.05) is 60.7 Å². The molecule has 0 saturated heterocycles. The van der Waals surface area contributed by atoms with Crippen LogP contribution in [0.15, 0.2) is 66.7 Å². The van der Waals surface area contributed by atoms with E-state index in [1.54, 1.807) is 12.1 Å². The van der Waals surface area contributed by atoms with Gasteiger partial charge in [0.1, 0.15) is 11.8 Å². The first-order valence-corrected chi connectivity index (χ1v) is 8.02. The number of rotatable bonds is 2. The molecule has 5 nitrogen and oxygen atoms in total. The smallest absolute Gasteiger partial charge is 0.183 e. The standard InChI is InChI=1S/C21H14N4O/c22-12-17-21(23)25-19(13-5-2-1-3-6-13)20(24-17)15-9-10-16-14(11-15)7-4-8-18(16)26/h1-11,26H,(H2,23,25). The van der Waals surface area contributed by atoms with Crippen LogP contribution in [-0.4, -0.2) is 15.1 Å². The fraction of sp³-hybridized carbons (Fsp3) is 0. The summed E-state index contributed by atoms with van der Waals surface area (Å²) in [5, 5.41) is 20.9. The minimum absolute atomic E-state index is 0.0932. The molecule has 1 heterocycles. The fourth-order valence-electron chi connectivity index (χ4n) is 2.94. The van der Waals surface area contributed by atoms with Crippen LogP contribution in [0.4, 0.5) is 5.82 Å². The second-order valence-corrected chi connectivity index (χ2v) is 5.85. The zero-order valence-electron chi connectivity index (χ0n) is 13.7. The topological polar surface area (TPSA) is 95.8 Å². The average Bonchev–Trinajstić information content (AvgIpc) is 2.68. The van der Waals surface area contributed by atoms with Gasteiger partial charge in [0.15, 0.2) is 11.5 Å². The van der Waals surface area contributed by atoms with Crippen molar-refractivity contribution in [3.05, 3.63) is 72.4 Å². The summed E-state index contributed by atoms with van der Waals surface area (Å²) >= 11 is 0. The van der Waals surface area contributed by atoms with Gasteiger partial charge in [-0.3, -0.25) is 0 Å². The summed E-state index contributed by atoms with van der Waals surface area (Å²) in [6.07, 6.45) is 0. The molecule has 3 aromatic carbocycles. The molecule has 0 amide bonds. The molecule has 0 aliphatic heterocycles. The molecular weight excluding hydrogens is 324 g/mol. The number of phenolic OH excluding ortho intramolecular Hbond substituents is 1. The lowest BCUT2D eigenvalue weighted by molar-refractivity contribution is 0.481. The Morgan fingerprint density at radius 2 is 1.62 bits per heavy atom. The number of hydrogen-bond donors (Lipinski definition) is 2. The lowest BCUT2D eigenvalue weighted by Crippen LogP contribution is -2.03. The lowest BCUT2D eigenvalue weighted by Gasteiger charge is -2.11. The number of nitrogens with zero attached hydrogens (tertiary/aromatic N) is 3. The Hall–Kier alpha value is -3.91. The van der Waals surface area contributed by atoms with Crippen molar-refractivity contribution >= 4 is 16.6 Å². The predicted molar refractivity (Wildman–Crippen MR) is 101 cm³/mol. The van der Waals surface area contributed by atoms with Crippen molar-refractivity contribution in [3.63, 3.8) is 0 Å². The minimum atomic E-state index is 0.0932. The summed E-state index contributed by atoms with van der Waals surface area (Å²) < 4.78 is 0. The predicted octanol–water partition coefficient (Wildman–Crippen LogP) is 4.12. The molecule has 1 aromatic heterocycles. The van der Waals surface area contributed by atoms with Crippen molar-refractivity contribution < 1.29 is 5.11 Å². The van der Waals surface area contributed by atoms with Crippen LogP contribution in [0, 0.1) is 11.3 Å². The molecule has 0 aliphatic carbocycles. The Balaban J connectivity index is 2.00. The third-order valence-electron chi connectivity index (χ3n) is 4.21. The quantitative estimate of drug-likeness (QED) is 0.573. The summed E-state index contributed by atoms with van der Waals surface area (Å²) in [5.74, 6) is 0.326. The minimum Gasteiger partial charge on any atom is -0.507 e. The van der Waals surface area contributed by atoms with Gasteiger partial charge in [-0.15, -0.1) is 0 Å². The molecule has 4 rings (SSSR count). The third-order valence-corrected chi connectivity index (χ3v) is 4.21. The maximum absolute atomic E-state index is 10.00. The van der Waals surface area contributed by atoms with E-state index in [-0.39, 0.29) is 17.3 Å². The molecule has 124 valence electrons. The average molecular weight is 338 g/mol. The molecule has 3 N–H and O–H groups in total. The molecule has 0 unspecified atom stereocenters. The Morgan fingerprint density at radius 3 is 2.38 bits per heavy atom. The van der Waals surface area contributed by atoms with Gasteiger partial charge in [0.25, 0.3) is 0 Å². The second kappa shape index (κ2) is 6.19. The monoisotopic (exact) mass is 338 g/mol. The lowest BCUT2D eigenvalue weighted by atomic mass is 10.0. The highest BCUT2D eigenvalue weighted by atomic mass is 16.3. The Morgan fingerprint density at radius 1 is 0.846 bits per heavy atom. The molecule has 4 aromatic rings. The van der Waals surface area contributed by atoms with Crippen molar-refractivity contribution in [2.45, 2.75) is 0 Å². The Bertz CT molecular complexity index is 1160. The van der Waals surface area contributed by atoms with Crippen LogP contribution in [0.2, 0.25) is 0 Å². The number of anilines is 1. The van der Waals surface area contributed by atoms with Crippen LogP contribution in [0.1, 0.15) is 5.69 Å². The molecular formula is C21H14N4O. The van der Waals surface area contributed by atoms with E-state index in [9.17, 15) is 10.4 Å². The van der Waals surface area contributed by atoms with Crippen molar-refractivity contribution in [2.24, 2.45) is 0 Å². The SMILES string of the molecule is N#Cc1nc(-c2ccc3c(O)cccc3c2)c(-c2ccccc2)nc1N. The number of nitrogen functional groups attached to an aromatic ring is 1. The van der Waals surface area contributed by atoms with Gasteiger partial charge < -0.3 is 10.8 Å². The van der Waals surface area contributed by atoms with Crippen LogP contribution >= 0.6 is 0 Å². The molecule has 26 heavy (non-hydrogen) atoms. The van der Waals surface area contributed by atoms with Gasteiger partial charge in [-0.1, -0.05) is 48.5 Å². The number of phenols is 1. The number of nitrogens with two attached hydrogens (primary N) is 1. The van der Waals surface area contributed by atoms with Gasteiger partial charge in [0.05, 0.1) is 11.4 Å². The maximum atomic E-state index is 10.00. The number of aromatic hydroxyl groups is 1. The maximum Gasteiger partial charge on any atom is 0.183 e. The van der Waals surface area contributed by atoms with E-state index in [2.05, 4.69) is 9.97 Å². The molecule has 0 bridgehead atoms. The molecule has 0 spiro atoms. The Labute approximate surface area is 150 Å². The van der Waals surface area contributed by atoms with E-state index in [0.717, 1.165) is 21.9 Å². The first-order chi connectivity index (χ1) is 12.7. The van der Waals surface area contributed by atoms with Crippen LogP contribution in [-0.2, 0) is 0 Å². The van der Waals surface area contributed by atoms with E-state index >= 15 is 0 Å². The van der Waals surface area contributed by atoms with E-state index in [4.69, 9.17) is 5.73 Å². The summed E-state index contributed by atoms with van der Waals surface area (Å²) in [7, 11) is 0. The fourth-order valence-corrected chi connectivity index (χ4v) is 2.94. The van der Waals surface area contributed by atoms with Crippen LogP contribution in [0.5, 0.6) is 5.75 Å². The highest BCUT2D eigenvalue weighted by Crippen LogP contribution is 2.34. The number of aromatic nitrogens is 2. The molecule has 0 atom stereocenters. The number of fused-ring (bicyclic) bond motifs is 1. The zero-order valence-corrected chi connectivity index (χ0v) is 13.7. The highest BCUT2D eigenvalue weighted by Gasteiger charge is 2.16. The normalized spacial score (nSPS) is 10.6. The van der Waals surface area contributed by atoms with E-state index < -0.39 is 0 Å². The van der Waals surface area contributed by atoms with Crippen molar-refractivity contribution in [1.82, 2.24) is 9.97 Å². The van der Waals surface area contributed by atoms with E-state index in [0.29, 0.717) is 11.4 Å². The summed E-state index contributed by atoms with van der Waals surface area (Å²) in [6, 6.07) is 22.5. The first-order valence-electron chi connectivity index (χ1n) is 8.02. The number of hydrogen-bond acceptors (Lipinski definition) is 5.